The van der Waals surface area contributed by atoms with Crippen LogP contribution in [0.1, 0.15) is 0 Å². The number of carboxylic acid groups (broad SMARTS) is 6. The predicted octanol–water partition coefficient (Wildman–Crippen LogP) is -7.37. The van der Waals surface area contributed by atoms with Crippen molar-refractivity contribution in [2.24, 2.45) is 0 Å². The summed E-state index contributed by atoms with van der Waals surface area (Å²) in [5, 5.41) is 56.5. The standard InChI is InChI=1S/3C4H4O4.4H3N.Zn/c3*5-3(6)1-2-4(7)8;;;;;/h3*1-2H,(H,5,6)(H,7,8);4*1H3;/q;;;;;;;+2/p-2/b3*2-1-;;;;;. The van der Waals surface area contributed by atoms with Crippen LogP contribution in [0.4, 0.5) is 0 Å². The number of hydrogen-bond donors (Lipinski definition) is 4. The van der Waals surface area contributed by atoms with E-state index in [1.165, 1.54) is 0 Å². The second kappa shape index (κ2) is 32.2. The van der Waals surface area contributed by atoms with Crippen LogP contribution < -0.4 is 55.2 Å². The van der Waals surface area contributed by atoms with Gasteiger partial charge in [-0.3, -0.25) is 0 Å². The fraction of sp³-hybridized carbons (Fsp3) is 0. The van der Waals surface area contributed by atoms with Crippen LogP contribution in [0.15, 0.2) is 36.5 Å². The third kappa shape index (κ3) is 93.8. The Labute approximate surface area is 176 Å². The van der Waals surface area contributed by atoms with Crippen LogP contribution in [0.5, 0.6) is 0 Å². The molecule has 0 saturated carbocycles. The summed E-state index contributed by atoms with van der Waals surface area (Å²) in [4.78, 5) is 56.5. The zero-order valence-corrected chi connectivity index (χ0v) is 19.0. The third-order valence-electron chi connectivity index (χ3n) is 1.07. The van der Waals surface area contributed by atoms with Crippen LogP contribution in [0.3, 0.4) is 0 Å². The number of rotatable bonds is 6. The van der Waals surface area contributed by atoms with Gasteiger partial charge in [-0.15, -0.1) is 0 Å². The van der Waals surface area contributed by atoms with Gasteiger partial charge < -0.3 is 84.0 Å². The maximum Gasteiger partial charge on any atom is 2.00 e. The summed E-state index contributed by atoms with van der Waals surface area (Å²) in [6, 6.07) is 0. The van der Waals surface area contributed by atoms with Gasteiger partial charge >= 0.3 is 19.5 Å². The van der Waals surface area contributed by atoms with Gasteiger partial charge in [0.05, 0.1) is 35.8 Å². The van der Waals surface area contributed by atoms with E-state index in [2.05, 4.69) is 0 Å². The minimum atomic E-state index is -1.55. The molecule has 0 aromatic carbocycles. The number of carbonyl (C=O) groups excluding carboxylic acids is 6. The number of carbonyl (C=O) groups is 6. The van der Waals surface area contributed by atoms with Gasteiger partial charge in [0.25, 0.3) is 0 Å². The van der Waals surface area contributed by atoms with E-state index in [0.717, 1.165) is 0 Å². The summed E-state index contributed by atoms with van der Waals surface area (Å²) in [6.07, 6.45) is 2.31. The van der Waals surface area contributed by atoms with Gasteiger partial charge in [0.2, 0.25) is 0 Å². The Hall–Kier alpha value is -3.50. The summed E-state index contributed by atoms with van der Waals surface area (Å²) in [5.74, 6) is -9.28. The molecule has 0 aliphatic heterocycles. The van der Waals surface area contributed by atoms with Crippen molar-refractivity contribution in [3.63, 3.8) is 0 Å². The average Bonchev–Trinajstić information content (AvgIpc) is 2.42. The fourth-order valence-corrected chi connectivity index (χ4v) is 0.408. The Morgan fingerprint density at radius 3 is 0.448 bits per heavy atom. The van der Waals surface area contributed by atoms with Crippen LogP contribution in [-0.4, -0.2) is 35.8 Å². The molecule has 0 atom stereocenters. The first kappa shape index (κ1) is 50.0. The molecule has 0 fully saturated rings. The van der Waals surface area contributed by atoms with Gasteiger partial charge in [-0.25, -0.2) is 0 Å². The van der Waals surface area contributed by atoms with E-state index in [9.17, 15) is 59.4 Å². The first-order chi connectivity index (χ1) is 10.9. The number of hydrogen-bond acceptors (Lipinski definition) is 12. The summed E-state index contributed by atoms with van der Waals surface area (Å²) < 4.78 is 0. The first-order valence-corrected chi connectivity index (χ1v) is 5.18. The number of aliphatic carboxylic acids is 6. The maximum atomic E-state index is 9.41. The molecule has 164 valence electrons. The minimum absolute atomic E-state index is 0. The van der Waals surface area contributed by atoms with Crippen LogP contribution in [0, 0.1) is 0 Å². The molecule has 0 rings (SSSR count). The van der Waals surface area contributed by atoms with E-state index >= 15 is 0 Å². The van der Waals surface area contributed by atoms with Crippen molar-refractivity contribution in [1.29, 1.82) is 0 Å². The molecule has 0 bridgehead atoms. The van der Waals surface area contributed by atoms with Crippen molar-refractivity contribution in [3.05, 3.63) is 36.5 Å². The van der Waals surface area contributed by atoms with Crippen molar-refractivity contribution in [2.45, 2.75) is 0 Å². The zero-order chi connectivity index (χ0) is 19.7. The minimum Gasteiger partial charge on any atom is -0.545 e. The second-order valence-electron chi connectivity index (χ2n) is 2.91. The first-order valence-electron chi connectivity index (χ1n) is 5.18. The maximum absolute atomic E-state index is 9.41. The van der Waals surface area contributed by atoms with Gasteiger partial charge in [0.1, 0.15) is 0 Å². The second-order valence-corrected chi connectivity index (χ2v) is 2.91. The van der Waals surface area contributed by atoms with Crippen LogP contribution in [0.25, 0.3) is 0 Å². The summed E-state index contributed by atoms with van der Waals surface area (Å²) in [7, 11) is 0. The Morgan fingerprint density at radius 2 is 0.414 bits per heavy atom. The molecule has 0 heterocycles. The molecule has 0 aromatic rings. The zero-order valence-electron chi connectivity index (χ0n) is 16.1. The van der Waals surface area contributed by atoms with E-state index < -0.39 is 35.8 Å². The smallest absolute Gasteiger partial charge is 0.545 e. The molecule has 0 spiro atoms. The third-order valence-corrected chi connectivity index (χ3v) is 1.07. The molecule has 16 nitrogen and oxygen atoms in total. The molecule has 0 saturated heterocycles. The van der Waals surface area contributed by atoms with E-state index in [4.69, 9.17) is 0 Å². The predicted molar refractivity (Wildman–Crippen MR) is 81.4 cm³/mol. The Kier molecular flexibility index (Phi) is 55.5. The van der Waals surface area contributed by atoms with Crippen molar-refractivity contribution < 1.29 is 78.9 Å². The molecule has 0 aliphatic carbocycles. The summed E-state index contributed by atoms with van der Waals surface area (Å²) in [6.45, 7) is 0. The molecule has 17 heteroatoms. The molecule has 0 unspecified atom stereocenters. The Bertz CT molecular complexity index is 461. The Balaban J connectivity index is -0.0000000350. The van der Waals surface area contributed by atoms with Gasteiger partial charge in [-0.1, -0.05) is 0 Å². The monoisotopic (exact) mass is 478 g/mol. The SMILES string of the molecule is O=C([O-])/C=C\C(=O)[O-].O=C([O-])/C=C\C(=O)[O-].O=C([O-])/C=C\C(=O)[O-].[NH4+].[NH4+].[NH4+].[NH4+].[Zn+2]. The molecule has 0 aliphatic rings. The quantitative estimate of drug-likeness (QED) is 0.203. The topological polar surface area (TPSA) is 387 Å². The van der Waals surface area contributed by atoms with Gasteiger partial charge in [-0.2, -0.15) is 0 Å². The van der Waals surface area contributed by atoms with E-state index in [1.807, 2.05) is 0 Å². The number of carboxylic acids is 6. The van der Waals surface area contributed by atoms with E-state index in [1.54, 1.807) is 0 Å². The normalized spacial score (nSPS) is 7.86. The summed E-state index contributed by atoms with van der Waals surface area (Å²) >= 11 is 0. The molecule has 0 radical (unpaired) electrons. The molecule has 0 aromatic heterocycles. The number of quaternary nitrogens is 4. The largest absolute Gasteiger partial charge is 2.00 e. The van der Waals surface area contributed by atoms with Crippen molar-refractivity contribution in [1.82, 2.24) is 24.6 Å². The van der Waals surface area contributed by atoms with Crippen LogP contribution >= 0.6 is 0 Å². The molecule has 29 heavy (non-hydrogen) atoms. The molecular formula is C12H22N4O12Zn. The summed E-state index contributed by atoms with van der Waals surface area (Å²) in [5.41, 5.74) is 0. The van der Waals surface area contributed by atoms with E-state index in [0.29, 0.717) is 36.5 Å². The van der Waals surface area contributed by atoms with Crippen molar-refractivity contribution in [3.8, 4) is 0 Å². The molecule has 0 amide bonds. The van der Waals surface area contributed by atoms with Crippen molar-refractivity contribution in [2.75, 3.05) is 0 Å². The van der Waals surface area contributed by atoms with Gasteiger partial charge in [-0.05, 0) is 36.5 Å². The van der Waals surface area contributed by atoms with Crippen LogP contribution in [-0.2, 0) is 48.2 Å². The molecule has 16 N–H and O–H groups in total. The fourth-order valence-electron chi connectivity index (χ4n) is 0.408. The average molecular weight is 480 g/mol. The Morgan fingerprint density at radius 1 is 0.345 bits per heavy atom. The van der Waals surface area contributed by atoms with E-state index in [-0.39, 0.29) is 44.1 Å². The molecular weight excluding hydrogens is 458 g/mol. The van der Waals surface area contributed by atoms with Gasteiger partial charge in [0.15, 0.2) is 0 Å². The van der Waals surface area contributed by atoms with Crippen LogP contribution in [0.2, 0.25) is 0 Å². The van der Waals surface area contributed by atoms with Gasteiger partial charge in [0, 0.05) is 0 Å². The van der Waals surface area contributed by atoms with Crippen molar-refractivity contribution >= 4 is 35.8 Å².